The predicted molar refractivity (Wildman–Crippen MR) is 108 cm³/mol. The number of aliphatic carboxylic acids is 8. The third-order valence-corrected chi connectivity index (χ3v) is 2.15. The van der Waals surface area contributed by atoms with Gasteiger partial charge in [0.2, 0.25) is 0 Å². The molecule has 0 spiro atoms. The Balaban J connectivity index is -0.000000111. The van der Waals surface area contributed by atoms with Crippen molar-refractivity contribution in [3.05, 3.63) is 0 Å². The lowest BCUT2D eigenvalue weighted by Crippen LogP contribution is -2.50. The standard InChI is InChI=1S/C4H11NO3.4C3H4O4/c5-4(1-6,2-7)3-8;4*4-2(5)1-3(6)7/h6-8H,1-3,5H2;4*1H2,(H,4,5)(H,6,7). The number of aliphatic hydroxyl groups is 3. The number of aliphatic hydroxyl groups excluding tert-OH is 3. The van der Waals surface area contributed by atoms with Gasteiger partial charge in [-0.3, -0.25) is 38.4 Å². The Labute approximate surface area is 200 Å². The highest BCUT2D eigenvalue weighted by Crippen LogP contribution is 1.93. The van der Waals surface area contributed by atoms with Crippen LogP contribution in [0.2, 0.25) is 0 Å². The molecule has 0 unspecified atom stereocenters. The SMILES string of the molecule is NC(CO)(CO)CO.O=C(O)CC(=O)O.O=C(O)CC(=O)O.O=C(O)CC(=O)O.O=C(O)CC(=O)O. The Kier molecular flexibility index (Phi) is 29.3. The van der Waals surface area contributed by atoms with Crippen LogP contribution in [0, 0.1) is 0 Å². The van der Waals surface area contributed by atoms with Gasteiger partial charge in [-0.1, -0.05) is 0 Å². The maximum absolute atomic E-state index is 9.43. The summed E-state index contributed by atoms with van der Waals surface area (Å²) in [5.74, 6) is -10.5. The first-order chi connectivity index (χ1) is 16.2. The summed E-state index contributed by atoms with van der Waals surface area (Å²) in [5, 5.41) is 86.6. The summed E-state index contributed by atoms with van der Waals surface area (Å²) in [6, 6.07) is 0. The molecule has 0 aromatic carbocycles. The summed E-state index contributed by atoms with van der Waals surface area (Å²) >= 11 is 0. The van der Waals surface area contributed by atoms with Crippen LogP contribution in [-0.4, -0.2) is 129 Å². The van der Waals surface area contributed by atoms with Crippen LogP contribution in [0.5, 0.6) is 0 Å². The Bertz CT molecular complexity index is 567. The van der Waals surface area contributed by atoms with Crippen molar-refractivity contribution in [2.45, 2.75) is 31.2 Å². The van der Waals surface area contributed by atoms with Gasteiger partial charge in [0.05, 0.1) is 25.4 Å². The van der Waals surface area contributed by atoms with E-state index in [1.807, 2.05) is 0 Å². The van der Waals surface area contributed by atoms with Crippen LogP contribution in [0.15, 0.2) is 0 Å². The lowest BCUT2D eigenvalue weighted by Gasteiger charge is -2.20. The molecule has 20 heteroatoms. The van der Waals surface area contributed by atoms with Gasteiger partial charge in [0, 0.05) is 0 Å². The molecule has 0 bridgehead atoms. The molecule has 0 radical (unpaired) electrons. The number of nitrogens with two attached hydrogens (primary N) is 1. The Morgan fingerprint density at radius 3 is 0.500 bits per heavy atom. The molecule has 13 N–H and O–H groups in total. The molecule has 0 aliphatic heterocycles. The van der Waals surface area contributed by atoms with Crippen LogP contribution in [0.25, 0.3) is 0 Å². The maximum atomic E-state index is 9.43. The van der Waals surface area contributed by atoms with Gasteiger partial charge < -0.3 is 61.9 Å². The molecule has 0 aliphatic carbocycles. The highest BCUT2D eigenvalue weighted by atomic mass is 16.4. The average Bonchev–Trinajstić information content (AvgIpc) is 2.65. The van der Waals surface area contributed by atoms with E-state index in [0.717, 1.165) is 0 Å². The van der Waals surface area contributed by atoms with Gasteiger partial charge in [0.15, 0.2) is 0 Å². The second kappa shape index (κ2) is 25.2. The van der Waals surface area contributed by atoms with Crippen molar-refractivity contribution in [3.8, 4) is 0 Å². The lowest BCUT2D eigenvalue weighted by molar-refractivity contribution is -0.149. The quantitative estimate of drug-likeness (QED) is 0.111. The number of carboxylic acid groups (broad SMARTS) is 8. The highest BCUT2D eigenvalue weighted by Gasteiger charge is 2.20. The molecular formula is C16H27NO19. The number of carbonyl (C=O) groups is 8. The normalized spacial score (nSPS) is 8.89. The Morgan fingerprint density at radius 1 is 0.389 bits per heavy atom. The molecule has 0 aromatic heterocycles. The summed E-state index contributed by atoms with van der Waals surface area (Å²) in [5.41, 5.74) is 3.94. The van der Waals surface area contributed by atoms with Crippen LogP contribution in [0.3, 0.4) is 0 Å². The zero-order chi connectivity index (χ0) is 30.1. The molecule has 0 saturated carbocycles. The minimum absolute atomic E-state index is 0.403. The summed E-state index contributed by atoms with van der Waals surface area (Å²) < 4.78 is 0. The molecule has 0 heterocycles. The van der Waals surface area contributed by atoms with E-state index in [-0.39, 0.29) is 0 Å². The van der Waals surface area contributed by atoms with Crippen LogP contribution >= 0.6 is 0 Å². The van der Waals surface area contributed by atoms with E-state index >= 15 is 0 Å². The summed E-state index contributed by atoms with van der Waals surface area (Å²) in [6.07, 6.45) is -3.22. The molecule has 0 fully saturated rings. The van der Waals surface area contributed by atoms with Crippen molar-refractivity contribution in [2.24, 2.45) is 5.73 Å². The molecule has 0 atom stereocenters. The van der Waals surface area contributed by atoms with E-state index in [1.165, 1.54) is 0 Å². The number of hydrogen-bond donors (Lipinski definition) is 12. The van der Waals surface area contributed by atoms with E-state index in [4.69, 9.17) is 61.9 Å². The molecule has 0 amide bonds. The minimum Gasteiger partial charge on any atom is -0.481 e. The number of hydrogen-bond acceptors (Lipinski definition) is 12. The third kappa shape index (κ3) is 57.1. The van der Waals surface area contributed by atoms with Gasteiger partial charge in [0.25, 0.3) is 0 Å². The molecule has 0 rings (SSSR count). The van der Waals surface area contributed by atoms with Crippen molar-refractivity contribution in [3.63, 3.8) is 0 Å². The molecule has 20 nitrogen and oxygen atoms in total. The van der Waals surface area contributed by atoms with Crippen molar-refractivity contribution < 1.29 is 94.5 Å². The molecule has 0 aliphatic rings. The largest absolute Gasteiger partial charge is 0.481 e. The Morgan fingerprint density at radius 2 is 0.500 bits per heavy atom. The minimum atomic E-state index is -1.31. The summed E-state index contributed by atoms with van der Waals surface area (Å²) in [6.45, 7) is -1.21. The van der Waals surface area contributed by atoms with E-state index in [9.17, 15) is 38.4 Å². The van der Waals surface area contributed by atoms with Crippen LogP contribution in [0.1, 0.15) is 25.7 Å². The topological polar surface area (TPSA) is 385 Å². The fourth-order valence-electron chi connectivity index (χ4n) is 0.667. The van der Waals surface area contributed by atoms with Crippen molar-refractivity contribution in [2.75, 3.05) is 19.8 Å². The second-order valence-electron chi connectivity index (χ2n) is 5.69. The Hall–Kier alpha value is -4.40. The first kappa shape index (κ1) is 41.8. The highest BCUT2D eigenvalue weighted by molar-refractivity contribution is 5.90. The predicted octanol–water partition coefficient (Wildman–Crippen LogP) is -4.16. The van der Waals surface area contributed by atoms with Gasteiger partial charge in [0.1, 0.15) is 25.7 Å². The maximum Gasteiger partial charge on any atom is 0.314 e. The van der Waals surface area contributed by atoms with E-state index in [2.05, 4.69) is 0 Å². The fraction of sp³-hybridized carbons (Fsp3) is 0.500. The zero-order valence-corrected chi connectivity index (χ0v) is 18.2. The zero-order valence-electron chi connectivity index (χ0n) is 18.2. The molecule has 0 aromatic rings. The monoisotopic (exact) mass is 537 g/mol. The fourth-order valence-corrected chi connectivity index (χ4v) is 0.667. The third-order valence-electron chi connectivity index (χ3n) is 2.15. The van der Waals surface area contributed by atoms with Crippen LogP contribution < -0.4 is 5.73 Å². The van der Waals surface area contributed by atoms with E-state index in [0.29, 0.717) is 0 Å². The lowest BCUT2D eigenvalue weighted by atomic mass is 10.1. The van der Waals surface area contributed by atoms with Gasteiger partial charge in [-0.15, -0.1) is 0 Å². The van der Waals surface area contributed by atoms with Crippen LogP contribution in [-0.2, 0) is 38.4 Å². The number of carboxylic acids is 8. The molecular weight excluding hydrogens is 510 g/mol. The molecule has 210 valence electrons. The van der Waals surface area contributed by atoms with Gasteiger partial charge in [-0.25, -0.2) is 0 Å². The van der Waals surface area contributed by atoms with Gasteiger partial charge >= 0.3 is 47.8 Å². The first-order valence-electron chi connectivity index (χ1n) is 8.55. The van der Waals surface area contributed by atoms with Crippen molar-refractivity contribution >= 4 is 47.8 Å². The van der Waals surface area contributed by atoms with Crippen molar-refractivity contribution in [1.82, 2.24) is 0 Å². The van der Waals surface area contributed by atoms with E-state index < -0.39 is 98.8 Å². The van der Waals surface area contributed by atoms with E-state index in [1.54, 1.807) is 0 Å². The summed E-state index contributed by atoms with van der Waals surface area (Å²) in [7, 11) is 0. The molecule has 36 heavy (non-hydrogen) atoms. The molecule has 0 saturated heterocycles. The second-order valence-corrected chi connectivity index (χ2v) is 5.69. The smallest absolute Gasteiger partial charge is 0.314 e. The van der Waals surface area contributed by atoms with Crippen molar-refractivity contribution in [1.29, 1.82) is 0 Å². The summed E-state index contributed by atoms with van der Waals surface area (Å²) in [4.78, 5) is 75.4. The average molecular weight is 537 g/mol. The van der Waals surface area contributed by atoms with Gasteiger partial charge in [-0.05, 0) is 0 Å². The van der Waals surface area contributed by atoms with Gasteiger partial charge in [-0.2, -0.15) is 0 Å². The number of rotatable bonds is 11. The van der Waals surface area contributed by atoms with Crippen LogP contribution in [0.4, 0.5) is 0 Å². The first-order valence-corrected chi connectivity index (χ1v) is 8.55.